The summed E-state index contributed by atoms with van der Waals surface area (Å²) in [6.45, 7) is 7.11. The van der Waals surface area contributed by atoms with Gasteiger partial charge in [-0.2, -0.15) is 0 Å². The second kappa shape index (κ2) is 10.8. The molecule has 1 amide bonds. The van der Waals surface area contributed by atoms with Gasteiger partial charge in [-0.3, -0.25) is 9.79 Å². The van der Waals surface area contributed by atoms with Crippen LogP contribution in [-0.4, -0.2) is 63.2 Å². The molecule has 0 aromatic heterocycles. The van der Waals surface area contributed by atoms with Crippen molar-refractivity contribution in [1.29, 1.82) is 0 Å². The molecule has 0 spiro atoms. The maximum absolute atomic E-state index is 12.1. The molecular formula is C20H32N4O3. The third kappa shape index (κ3) is 6.43. The summed E-state index contributed by atoms with van der Waals surface area (Å²) >= 11 is 0. The molecular weight excluding hydrogens is 344 g/mol. The topological polar surface area (TPSA) is 75.2 Å². The summed E-state index contributed by atoms with van der Waals surface area (Å²) in [5.41, 5.74) is 1.03. The molecule has 7 nitrogen and oxygen atoms in total. The number of ether oxygens (including phenoxy) is 2. The summed E-state index contributed by atoms with van der Waals surface area (Å²) in [6, 6.07) is 8.07. The number of carbonyl (C=O) groups excluding carboxylic acids is 1. The lowest BCUT2D eigenvalue weighted by atomic mass is 10.2. The monoisotopic (exact) mass is 376 g/mol. The number of guanidine groups is 1. The molecule has 1 atom stereocenters. The third-order valence-electron chi connectivity index (χ3n) is 4.55. The molecule has 0 radical (unpaired) electrons. The van der Waals surface area contributed by atoms with E-state index in [-0.39, 0.29) is 17.9 Å². The Labute approximate surface area is 162 Å². The number of para-hydroxylation sites is 1. The van der Waals surface area contributed by atoms with Crippen LogP contribution in [0.4, 0.5) is 0 Å². The number of benzene rings is 1. The van der Waals surface area contributed by atoms with Gasteiger partial charge in [0.05, 0.1) is 20.3 Å². The van der Waals surface area contributed by atoms with Crippen LogP contribution in [0.3, 0.4) is 0 Å². The molecule has 1 aliphatic heterocycles. The van der Waals surface area contributed by atoms with Crippen LogP contribution in [-0.2, 0) is 16.1 Å². The van der Waals surface area contributed by atoms with E-state index in [1.54, 1.807) is 14.2 Å². The second-order valence-electron chi connectivity index (χ2n) is 6.93. The van der Waals surface area contributed by atoms with Gasteiger partial charge < -0.3 is 25.0 Å². The lowest BCUT2D eigenvalue weighted by Crippen LogP contribution is -2.46. The van der Waals surface area contributed by atoms with E-state index in [2.05, 4.69) is 15.6 Å². The first-order valence-electron chi connectivity index (χ1n) is 9.50. The summed E-state index contributed by atoms with van der Waals surface area (Å²) in [6.07, 6.45) is 0.934. The number of hydrogen-bond donors (Lipinski definition) is 2. The molecule has 1 aromatic rings. The number of hydrogen-bond acceptors (Lipinski definition) is 4. The maximum Gasteiger partial charge on any atom is 0.225 e. The van der Waals surface area contributed by atoms with Gasteiger partial charge in [0.15, 0.2) is 5.96 Å². The standard InChI is InChI=1S/C20H32N4O3/c1-15(2)19(25)24-11-9-17(13-24)23-20(21-3)22-10-12-27-14-16-7-5-6-8-18(16)26-4/h5-8,15,17H,9-14H2,1-4H3,(H2,21,22,23). The van der Waals surface area contributed by atoms with Crippen molar-refractivity contribution >= 4 is 11.9 Å². The fourth-order valence-electron chi connectivity index (χ4n) is 3.08. The van der Waals surface area contributed by atoms with Gasteiger partial charge in [0.1, 0.15) is 5.75 Å². The van der Waals surface area contributed by atoms with Crippen molar-refractivity contribution in [3.8, 4) is 5.75 Å². The van der Waals surface area contributed by atoms with Gasteiger partial charge in [0.25, 0.3) is 0 Å². The number of aliphatic imine (C=N–C) groups is 1. The highest BCUT2D eigenvalue weighted by atomic mass is 16.5. The Bertz CT molecular complexity index is 633. The van der Waals surface area contributed by atoms with Gasteiger partial charge in [0.2, 0.25) is 5.91 Å². The average Bonchev–Trinajstić information content (AvgIpc) is 3.14. The molecule has 1 aromatic carbocycles. The quantitative estimate of drug-likeness (QED) is 0.410. The second-order valence-corrected chi connectivity index (χ2v) is 6.93. The van der Waals surface area contributed by atoms with E-state index in [1.807, 2.05) is 43.0 Å². The average molecular weight is 377 g/mol. The Morgan fingerprint density at radius 2 is 2.15 bits per heavy atom. The van der Waals surface area contributed by atoms with Gasteiger partial charge in [0, 0.05) is 44.2 Å². The summed E-state index contributed by atoms with van der Waals surface area (Å²) in [4.78, 5) is 18.3. The Balaban J connectivity index is 1.67. The molecule has 2 rings (SSSR count). The molecule has 150 valence electrons. The van der Waals surface area contributed by atoms with E-state index >= 15 is 0 Å². The van der Waals surface area contributed by atoms with E-state index in [4.69, 9.17) is 9.47 Å². The maximum atomic E-state index is 12.1. The highest BCUT2D eigenvalue weighted by Gasteiger charge is 2.27. The Morgan fingerprint density at radius 3 is 2.85 bits per heavy atom. The molecule has 0 bridgehead atoms. The minimum Gasteiger partial charge on any atom is -0.496 e. The smallest absolute Gasteiger partial charge is 0.225 e. The zero-order valence-electron chi connectivity index (χ0n) is 16.8. The molecule has 1 unspecified atom stereocenters. The Kier molecular flexibility index (Phi) is 8.39. The van der Waals surface area contributed by atoms with Crippen LogP contribution >= 0.6 is 0 Å². The van der Waals surface area contributed by atoms with Gasteiger partial charge in [-0.25, -0.2) is 0 Å². The molecule has 1 saturated heterocycles. The van der Waals surface area contributed by atoms with E-state index in [1.165, 1.54) is 0 Å². The first-order valence-corrected chi connectivity index (χ1v) is 9.50. The number of carbonyl (C=O) groups is 1. The van der Waals surface area contributed by atoms with Crippen LogP contribution in [0.5, 0.6) is 5.75 Å². The van der Waals surface area contributed by atoms with E-state index in [0.29, 0.717) is 19.8 Å². The number of rotatable bonds is 8. The van der Waals surface area contributed by atoms with E-state index < -0.39 is 0 Å². The number of amides is 1. The van der Waals surface area contributed by atoms with Crippen LogP contribution in [0.15, 0.2) is 29.3 Å². The largest absolute Gasteiger partial charge is 0.496 e. The molecule has 1 fully saturated rings. The minimum absolute atomic E-state index is 0.0431. The summed E-state index contributed by atoms with van der Waals surface area (Å²) < 4.78 is 11.0. The Hall–Kier alpha value is -2.28. The molecule has 0 saturated carbocycles. The Morgan fingerprint density at radius 1 is 1.37 bits per heavy atom. The van der Waals surface area contributed by atoms with Crippen LogP contribution in [0.1, 0.15) is 25.8 Å². The normalized spacial score (nSPS) is 17.3. The fourth-order valence-corrected chi connectivity index (χ4v) is 3.08. The molecule has 7 heteroatoms. The molecule has 2 N–H and O–H groups in total. The zero-order valence-corrected chi connectivity index (χ0v) is 16.8. The molecule has 1 aliphatic rings. The highest BCUT2D eigenvalue weighted by Crippen LogP contribution is 2.17. The SMILES string of the molecule is CN=C(NCCOCc1ccccc1OC)NC1CCN(C(=O)C(C)C)C1. The number of methoxy groups -OCH3 is 1. The van der Waals surface area contributed by atoms with Crippen molar-refractivity contribution in [3.63, 3.8) is 0 Å². The molecule has 1 heterocycles. The van der Waals surface area contributed by atoms with Gasteiger partial charge >= 0.3 is 0 Å². The van der Waals surface area contributed by atoms with Crippen molar-refractivity contribution in [3.05, 3.63) is 29.8 Å². The fraction of sp³-hybridized carbons (Fsp3) is 0.600. The number of likely N-dealkylation sites (tertiary alicyclic amines) is 1. The van der Waals surface area contributed by atoms with Crippen molar-refractivity contribution in [1.82, 2.24) is 15.5 Å². The summed E-state index contributed by atoms with van der Waals surface area (Å²) in [5, 5.41) is 6.64. The van der Waals surface area contributed by atoms with Crippen LogP contribution in [0.2, 0.25) is 0 Å². The minimum atomic E-state index is 0.0431. The first kappa shape index (κ1) is 21.0. The predicted molar refractivity (Wildman–Crippen MR) is 107 cm³/mol. The third-order valence-corrected chi connectivity index (χ3v) is 4.55. The first-order chi connectivity index (χ1) is 13.0. The van der Waals surface area contributed by atoms with E-state index in [9.17, 15) is 4.79 Å². The predicted octanol–water partition coefficient (Wildman–Crippen LogP) is 1.63. The van der Waals surface area contributed by atoms with Crippen molar-refractivity contribution in [2.24, 2.45) is 10.9 Å². The van der Waals surface area contributed by atoms with Crippen molar-refractivity contribution in [2.45, 2.75) is 32.9 Å². The zero-order chi connectivity index (χ0) is 19.6. The summed E-state index contributed by atoms with van der Waals surface area (Å²) in [7, 11) is 3.41. The highest BCUT2D eigenvalue weighted by molar-refractivity contribution is 5.81. The van der Waals surface area contributed by atoms with Crippen LogP contribution in [0.25, 0.3) is 0 Å². The van der Waals surface area contributed by atoms with Crippen molar-refractivity contribution < 1.29 is 14.3 Å². The van der Waals surface area contributed by atoms with E-state index in [0.717, 1.165) is 36.8 Å². The lowest BCUT2D eigenvalue weighted by Gasteiger charge is -2.20. The van der Waals surface area contributed by atoms with Gasteiger partial charge in [-0.15, -0.1) is 0 Å². The van der Waals surface area contributed by atoms with Crippen molar-refractivity contribution in [2.75, 3.05) is 40.4 Å². The summed E-state index contributed by atoms with van der Waals surface area (Å²) in [5.74, 6) is 1.83. The van der Waals surface area contributed by atoms with Crippen LogP contribution in [0, 0.1) is 5.92 Å². The van der Waals surface area contributed by atoms with Crippen LogP contribution < -0.4 is 15.4 Å². The van der Waals surface area contributed by atoms with Gasteiger partial charge in [-0.05, 0) is 12.5 Å². The molecule has 27 heavy (non-hydrogen) atoms. The number of nitrogens with one attached hydrogen (secondary N) is 2. The molecule has 0 aliphatic carbocycles. The number of nitrogens with zero attached hydrogens (tertiary/aromatic N) is 2. The van der Waals surface area contributed by atoms with Gasteiger partial charge in [-0.1, -0.05) is 32.0 Å². The lowest BCUT2D eigenvalue weighted by molar-refractivity contribution is -0.133.